The van der Waals surface area contributed by atoms with Gasteiger partial charge in [-0.3, -0.25) is 9.78 Å². The maximum absolute atomic E-state index is 12.3. The average Bonchev–Trinajstić information content (AvgIpc) is 3.35. The van der Waals surface area contributed by atoms with Crippen molar-refractivity contribution in [3.63, 3.8) is 0 Å². The first kappa shape index (κ1) is 22.3. The molecule has 2 aromatic carbocycles. The van der Waals surface area contributed by atoms with E-state index in [1.807, 2.05) is 17.5 Å². The molecule has 0 aliphatic heterocycles. The average molecular weight is 464 g/mol. The predicted molar refractivity (Wildman–Crippen MR) is 132 cm³/mol. The number of fused-ring (bicyclic) bond motifs is 1. The standard InChI is InChI=1S/C24H25N5O3S/c1-4-15-14(12-28-24-26-8-9-33-24)6-5-7-18(15)29-22-16-10-20(31-2)21(32-3)11-19(16)27-13-17(22)23(25)30/h5-11,13H,4,12H2,1-3H3,(H2,25,30)(H,26,28)(H,27,29). The molecule has 0 saturated heterocycles. The highest BCUT2D eigenvalue weighted by atomic mass is 32.1. The predicted octanol–water partition coefficient (Wildman–Crippen LogP) is 4.73. The molecule has 4 N–H and O–H groups in total. The minimum Gasteiger partial charge on any atom is -0.493 e. The number of primary amides is 1. The zero-order valence-corrected chi connectivity index (χ0v) is 19.5. The molecule has 0 unspecified atom stereocenters. The molecule has 2 aromatic heterocycles. The van der Waals surface area contributed by atoms with Crippen LogP contribution >= 0.6 is 11.3 Å². The molecule has 0 radical (unpaired) electrons. The number of hydrogen-bond acceptors (Lipinski definition) is 8. The fraction of sp³-hybridized carbons (Fsp3) is 0.208. The molecule has 4 rings (SSSR count). The molecule has 0 spiro atoms. The van der Waals surface area contributed by atoms with Crippen LogP contribution in [0.2, 0.25) is 0 Å². The van der Waals surface area contributed by atoms with Crippen molar-refractivity contribution >= 4 is 44.7 Å². The van der Waals surface area contributed by atoms with Crippen LogP contribution in [0, 0.1) is 0 Å². The molecule has 2 heterocycles. The van der Waals surface area contributed by atoms with E-state index in [0.29, 0.717) is 40.2 Å². The normalized spacial score (nSPS) is 10.8. The lowest BCUT2D eigenvalue weighted by molar-refractivity contribution is 0.100. The number of aromatic nitrogens is 2. The molecular formula is C24H25N5O3S. The van der Waals surface area contributed by atoms with E-state index in [1.165, 1.54) is 6.20 Å². The topological polar surface area (TPSA) is 111 Å². The molecule has 0 fully saturated rings. The van der Waals surface area contributed by atoms with Crippen molar-refractivity contribution in [3.8, 4) is 11.5 Å². The summed E-state index contributed by atoms with van der Waals surface area (Å²) in [6.45, 7) is 2.73. The first-order valence-electron chi connectivity index (χ1n) is 10.4. The van der Waals surface area contributed by atoms with Gasteiger partial charge in [-0.25, -0.2) is 4.98 Å². The van der Waals surface area contributed by atoms with E-state index in [4.69, 9.17) is 15.2 Å². The van der Waals surface area contributed by atoms with Gasteiger partial charge in [0.2, 0.25) is 0 Å². The summed E-state index contributed by atoms with van der Waals surface area (Å²) in [6, 6.07) is 9.63. The summed E-state index contributed by atoms with van der Waals surface area (Å²) in [5.41, 5.74) is 10.4. The molecule has 8 nitrogen and oxygen atoms in total. The molecule has 0 saturated carbocycles. The lowest BCUT2D eigenvalue weighted by Crippen LogP contribution is -2.15. The van der Waals surface area contributed by atoms with Crippen LogP contribution in [0.5, 0.6) is 11.5 Å². The van der Waals surface area contributed by atoms with E-state index in [1.54, 1.807) is 43.9 Å². The van der Waals surface area contributed by atoms with E-state index < -0.39 is 5.91 Å². The number of nitrogens with two attached hydrogens (primary N) is 1. The monoisotopic (exact) mass is 463 g/mol. The van der Waals surface area contributed by atoms with Crippen molar-refractivity contribution in [2.75, 3.05) is 24.9 Å². The SMILES string of the molecule is CCc1c(CNc2nccs2)cccc1Nc1c(C(N)=O)cnc2cc(OC)c(OC)cc12. The van der Waals surface area contributed by atoms with E-state index in [2.05, 4.69) is 33.6 Å². The van der Waals surface area contributed by atoms with Crippen molar-refractivity contribution in [1.82, 2.24) is 9.97 Å². The van der Waals surface area contributed by atoms with Crippen LogP contribution in [0.15, 0.2) is 48.1 Å². The summed E-state index contributed by atoms with van der Waals surface area (Å²) in [5, 5.41) is 10.3. The lowest BCUT2D eigenvalue weighted by atomic mass is 10.0. The number of benzene rings is 2. The quantitative estimate of drug-likeness (QED) is 0.329. The highest BCUT2D eigenvalue weighted by molar-refractivity contribution is 7.13. The molecule has 4 aromatic rings. The molecular weight excluding hydrogens is 438 g/mol. The zero-order chi connectivity index (χ0) is 23.4. The second kappa shape index (κ2) is 9.74. The number of nitrogens with zero attached hydrogens (tertiary/aromatic N) is 2. The molecule has 33 heavy (non-hydrogen) atoms. The summed E-state index contributed by atoms with van der Waals surface area (Å²) >= 11 is 1.56. The molecule has 9 heteroatoms. The third-order valence-electron chi connectivity index (χ3n) is 5.39. The Kier molecular flexibility index (Phi) is 6.60. The number of amides is 1. The molecule has 0 bridgehead atoms. The van der Waals surface area contributed by atoms with Gasteiger partial charge < -0.3 is 25.8 Å². The van der Waals surface area contributed by atoms with E-state index in [0.717, 1.165) is 28.4 Å². The minimum atomic E-state index is -0.568. The van der Waals surface area contributed by atoms with Crippen LogP contribution in [-0.4, -0.2) is 30.1 Å². The van der Waals surface area contributed by atoms with Gasteiger partial charge in [-0.2, -0.15) is 0 Å². The summed E-state index contributed by atoms with van der Waals surface area (Å²) in [7, 11) is 3.13. The summed E-state index contributed by atoms with van der Waals surface area (Å²) < 4.78 is 10.9. The van der Waals surface area contributed by atoms with Crippen molar-refractivity contribution < 1.29 is 14.3 Å². The third-order valence-corrected chi connectivity index (χ3v) is 6.12. The van der Waals surface area contributed by atoms with Crippen molar-refractivity contribution in [2.24, 2.45) is 5.73 Å². The highest BCUT2D eigenvalue weighted by Crippen LogP contribution is 2.38. The number of nitrogens with one attached hydrogen (secondary N) is 2. The van der Waals surface area contributed by atoms with Gasteiger partial charge in [0.1, 0.15) is 0 Å². The van der Waals surface area contributed by atoms with E-state index in [9.17, 15) is 4.79 Å². The molecule has 170 valence electrons. The van der Waals surface area contributed by atoms with Crippen molar-refractivity contribution in [1.29, 1.82) is 0 Å². The van der Waals surface area contributed by atoms with Gasteiger partial charge in [0, 0.05) is 41.5 Å². The van der Waals surface area contributed by atoms with Crippen LogP contribution < -0.4 is 25.8 Å². The van der Waals surface area contributed by atoms with E-state index >= 15 is 0 Å². The van der Waals surface area contributed by atoms with Gasteiger partial charge in [-0.1, -0.05) is 19.1 Å². The lowest BCUT2D eigenvalue weighted by Gasteiger charge is -2.19. The second-order valence-electron chi connectivity index (χ2n) is 7.25. The number of ether oxygens (including phenoxy) is 2. The molecule has 0 aliphatic carbocycles. The first-order chi connectivity index (χ1) is 16.0. The van der Waals surface area contributed by atoms with Crippen molar-refractivity contribution in [2.45, 2.75) is 19.9 Å². The van der Waals surface area contributed by atoms with Gasteiger partial charge in [0.15, 0.2) is 16.6 Å². The number of hydrogen-bond donors (Lipinski definition) is 3. The molecule has 1 amide bonds. The number of methoxy groups -OCH3 is 2. The fourth-order valence-electron chi connectivity index (χ4n) is 3.79. The number of anilines is 3. The van der Waals surface area contributed by atoms with Gasteiger partial charge in [0.05, 0.1) is 31.0 Å². The number of carbonyl (C=O) groups excluding carboxylic acids is 1. The summed E-state index contributed by atoms with van der Waals surface area (Å²) in [6.07, 6.45) is 4.05. The Morgan fingerprint density at radius 1 is 1.15 bits per heavy atom. The van der Waals surface area contributed by atoms with Gasteiger partial charge >= 0.3 is 0 Å². The zero-order valence-electron chi connectivity index (χ0n) is 18.6. The molecule has 0 atom stereocenters. The Morgan fingerprint density at radius 2 is 1.94 bits per heavy atom. The van der Waals surface area contributed by atoms with Crippen LogP contribution in [0.3, 0.4) is 0 Å². The Balaban J connectivity index is 1.79. The minimum absolute atomic E-state index is 0.295. The summed E-state index contributed by atoms with van der Waals surface area (Å²) in [4.78, 5) is 21.0. The smallest absolute Gasteiger partial charge is 0.252 e. The van der Waals surface area contributed by atoms with Gasteiger partial charge in [0.25, 0.3) is 5.91 Å². The Morgan fingerprint density at radius 3 is 2.61 bits per heavy atom. The first-order valence-corrected chi connectivity index (χ1v) is 11.3. The van der Waals surface area contributed by atoms with Crippen LogP contribution in [0.4, 0.5) is 16.5 Å². The maximum Gasteiger partial charge on any atom is 0.252 e. The summed E-state index contributed by atoms with van der Waals surface area (Å²) in [5.74, 6) is 0.523. The van der Waals surface area contributed by atoms with E-state index in [-0.39, 0.29) is 0 Å². The van der Waals surface area contributed by atoms with Crippen molar-refractivity contribution in [3.05, 3.63) is 64.8 Å². The van der Waals surface area contributed by atoms with Gasteiger partial charge in [-0.05, 0) is 29.7 Å². The fourth-order valence-corrected chi connectivity index (χ4v) is 4.32. The number of thiazole rings is 1. The van der Waals surface area contributed by atoms with Crippen LogP contribution in [0.25, 0.3) is 10.9 Å². The Hall–Kier alpha value is -3.85. The largest absolute Gasteiger partial charge is 0.493 e. The van der Waals surface area contributed by atoms with Gasteiger partial charge in [-0.15, -0.1) is 11.3 Å². The number of rotatable bonds is 9. The molecule has 0 aliphatic rings. The Bertz CT molecular complexity index is 1290. The van der Waals surface area contributed by atoms with Crippen LogP contribution in [-0.2, 0) is 13.0 Å². The third kappa shape index (κ3) is 4.54. The highest BCUT2D eigenvalue weighted by Gasteiger charge is 2.18. The second-order valence-corrected chi connectivity index (χ2v) is 8.14. The Labute approximate surface area is 195 Å². The number of pyridine rings is 1. The maximum atomic E-state index is 12.3. The van der Waals surface area contributed by atoms with Crippen LogP contribution in [0.1, 0.15) is 28.4 Å². The number of carbonyl (C=O) groups is 1.